The van der Waals surface area contributed by atoms with Gasteiger partial charge < -0.3 is 30.1 Å². The number of nitrogens with zero attached hydrogens (tertiary/aromatic N) is 2. The molecule has 2 fully saturated rings. The van der Waals surface area contributed by atoms with Gasteiger partial charge >= 0.3 is 5.97 Å². The molecule has 0 unspecified atom stereocenters. The van der Waals surface area contributed by atoms with Gasteiger partial charge in [0.15, 0.2) is 0 Å². The predicted molar refractivity (Wildman–Crippen MR) is 99.3 cm³/mol. The molecule has 0 aliphatic carbocycles. The molecule has 28 heavy (non-hydrogen) atoms. The molecule has 2 saturated heterocycles. The van der Waals surface area contributed by atoms with Crippen molar-refractivity contribution in [3.8, 4) is 11.5 Å². The third kappa shape index (κ3) is 4.19. The molecule has 2 aliphatic rings. The Balaban J connectivity index is 1.47. The number of carboxylic acids is 1. The number of amides is 2. The lowest BCUT2D eigenvalue weighted by molar-refractivity contribution is -0.141. The van der Waals surface area contributed by atoms with E-state index in [2.05, 4.69) is 5.32 Å². The van der Waals surface area contributed by atoms with Crippen LogP contribution in [0.3, 0.4) is 0 Å². The van der Waals surface area contributed by atoms with Crippen molar-refractivity contribution in [2.45, 2.75) is 25.0 Å². The van der Waals surface area contributed by atoms with E-state index < -0.39 is 5.97 Å². The van der Waals surface area contributed by atoms with Crippen LogP contribution in [0.2, 0.25) is 0 Å². The molecule has 1 aromatic rings. The zero-order valence-corrected chi connectivity index (χ0v) is 15.9. The fourth-order valence-corrected chi connectivity index (χ4v) is 3.57. The van der Waals surface area contributed by atoms with Gasteiger partial charge in [-0.3, -0.25) is 9.59 Å². The summed E-state index contributed by atoms with van der Waals surface area (Å²) in [6, 6.07) is 4.05. The van der Waals surface area contributed by atoms with Crippen LogP contribution in [-0.2, 0) is 9.59 Å². The van der Waals surface area contributed by atoms with Gasteiger partial charge in [0.2, 0.25) is 11.8 Å². The molecule has 2 heterocycles. The van der Waals surface area contributed by atoms with Gasteiger partial charge in [-0.25, -0.2) is 4.79 Å². The number of carboxylic acid groups (broad SMARTS) is 1. The number of hydrogen-bond donors (Lipinski definition) is 3. The molecular formula is C19H25N3O6. The smallest absolute Gasteiger partial charge is 0.343 e. The number of ether oxygens (including phenoxy) is 1. The van der Waals surface area contributed by atoms with Crippen molar-refractivity contribution in [2.75, 3.05) is 33.7 Å². The topological polar surface area (TPSA) is 119 Å². The van der Waals surface area contributed by atoms with Crippen molar-refractivity contribution in [3.05, 3.63) is 23.8 Å². The minimum absolute atomic E-state index is 0.000955. The highest BCUT2D eigenvalue weighted by atomic mass is 16.5. The lowest BCUT2D eigenvalue weighted by atomic mass is 9.99. The third-order valence-electron chi connectivity index (χ3n) is 5.14. The zero-order chi connectivity index (χ0) is 20.4. The van der Waals surface area contributed by atoms with Gasteiger partial charge in [0.1, 0.15) is 23.2 Å². The first-order chi connectivity index (χ1) is 13.3. The first-order valence-corrected chi connectivity index (χ1v) is 9.20. The average molecular weight is 391 g/mol. The molecule has 9 nitrogen and oxygen atoms in total. The molecule has 3 rings (SSSR count). The highest BCUT2D eigenvalue weighted by molar-refractivity contribution is 5.94. The summed E-state index contributed by atoms with van der Waals surface area (Å²) in [6.07, 6.45) is 0.694. The van der Waals surface area contributed by atoms with Gasteiger partial charge in [0, 0.05) is 20.5 Å². The van der Waals surface area contributed by atoms with Crippen LogP contribution in [0.4, 0.5) is 0 Å². The van der Waals surface area contributed by atoms with Crippen LogP contribution in [0.5, 0.6) is 11.5 Å². The van der Waals surface area contributed by atoms with E-state index in [0.717, 1.165) is 0 Å². The van der Waals surface area contributed by atoms with E-state index in [4.69, 9.17) is 4.74 Å². The highest BCUT2D eigenvalue weighted by Gasteiger charge is 2.37. The van der Waals surface area contributed by atoms with Crippen LogP contribution in [0.25, 0.3) is 0 Å². The SMILES string of the molecule is CN(C)C(=O)[C@H]1C[C@@H](CC(=O)N2CC(Oc3cccc(O)c3C(=O)O)C2)CN1. The summed E-state index contributed by atoms with van der Waals surface area (Å²) in [6.45, 7) is 1.37. The molecule has 0 saturated carbocycles. The maximum absolute atomic E-state index is 12.4. The van der Waals surface area contributed by atoms with Crippen molar-refractivity contribution in [1.82, 2.24) is 15.1 Å². The minimum atomic E-state index is -1.27. The number of carbonyl (C=O) groups excluding carboxylic acids is 2. The zero-order valence-electron chi connectivity index (χ0n) is 15.9. The maximum Gasteiger partial charge on any atom is 0.343 e. The van der Waals surface area contributed by atoms with Crippen molar-refractivity contribution in [2.24, 2.45) is 5.92 Å². The monoisotopic (exact) mass is 391 g/mol. The number of likely N-dealkylation sites (N-methyl/N-ethyl adjacent to an activating group) is 1. The number of aromatic hydroxyl groups is 1. The Kier molecular flexibility index (Phi) is 5.73. The summed E-state index contributed by atoms with van der Waals surface area (Å²) in [4.78, 5) is 38.9. The number of phenols is 1. The van der Waals surface area contributed by atoms with Crippen molar-refractivity contribution in [3.63, 3.8) is 0 Å². The fraction of sp³-hybridized carbons (Fsp3) is 0.526. The average Bonchev–Trinajstić information content (AvgIpc) is 3.04. The number of hydrogen-bond acceptors (Lipinski definition) is 6. The van der Waals surface area contributed by atoms with E-state index in [1.807, 2.05) is 0 Å². The van der Waals surface area contributed by atoms with Gasteiger partial charge in [-0.2, -0.15) is 0 Å². The summed E-state index contributed by atoms with van der Waals surface area (Å²) in [5.41, 5.74) is -0.277. The molecule has 0 radical (unpaired) electrons. The van der Waals surface area contributed by atoms with Crippen LogP contribution in [-0.4, -0.2) is 83.7 Å². The minimum Gasteiger partial charge on any atom is -0.507 e. The second kappa shape index (κ2) is 8.05. The number of rotatable bonds is 6. The third-order valence-corrected chi connectivity index (χ3v) is 5.14. The van der Waals surface area contributed by atoms with E-state index in [1.165, 1.54) is 18.2 Å². The molecule has 152 valence electrons. The molecule has 9 heteroatoms. The lowest BCUT2D eigenvalue weighted by Gasteiger charge is -2.39. The Bertz CT molecular complexity index is 775. The molecule has 1 aromatic carbocycles. The highest BCUT2D eigenvalue weighted by Crippen LogP contribution is 2.30. The van der Waals surface area contributed by atoms with Crippen molar-refractivity contribution >= 4 is 17.8 Å². The van der Waals surface area contributed by atoms with E-state index >= 15 is 0 Å². The molecule has 2 aliphatic heterocycles. The lowest BCUT2D eigenvalue weighted by Crippen LogP contribution is -2.56. The summed E-state index contributed by atoms with van der Waals surface area (Å²) in [5, 5.41) is 22.1. The molecular weight excluding hydrogens is 366 g/mol. The summed E-state index contributed by atoms with van der Waals surface area (Å²) in [7, 11) is 3.43. The van der Waals surface area contributed by atoms with Gasteiger partial charge in [-0.1, -0.05) is 6.07 Å². The van der Waals surface area contributed by atoms with Crippen LogP contribution in [0.1, 0.15) is 23.2 Å². The number of carbonyl (C=O) groups is 3. The quantitative estimate of drug-likeness (QED) is 0.631. The second-order valence-electron chi connectivity index (χ2n) is 7.49. The van der Waals surface area contributed by atoms with E-state index in [9.17, 15) is 24.6 Å². The molecule has 0 spiro atoms. The van der Waals surface area contributed by atoms with Crippen molar-refractivity contribution in [1.29, 1.82) is 0 Å². The number of aromatic carboxylic acids is 1. The first kappa shape index (κ1) is 19.9. The van der Waals surface area contributed by atoms with Gasteiger partial charge in [-0.15, -0.1) is 0 Å². The maximum atomic E-state index is 12.4. The van der Waals surface area contributed by atoms with Crippen LogP contribution >= 0.6 is 0 Å². The van der Waals surface area contributed by atoms with Crippen LogP contribution in [0.15, 0.2) is 18.2 Å². The molecule has 0 aromatic heterocycles. The molecule has 2 amide bonds. The summed E-state index contributed by atoms with van der Waals surface area (Å²) in [5.74, 6) is -1.39. The number of likely N-dealkylation sites (tertiary alicyclic amines) is 1. The molecule has 0 bridgehead atoms. The Morgan fingerprint density at radius 2 is 2.00 bits per heavy atom. The van der Waals surface area contributed by atoms with Gasteiger partial charge in [-0.05, 0) is 31.0 Å². The predicted octanol–water partition coefficient (Wildman–Crippen LogP) is 0.136. The van der Waals surface area contributed by atoms with Crippen LogP contribution in [0, 0.1) is 5.92 Å². The van der Waals surface area contributed by atoms with E-state index in [0.29, 0.717) is 32.5 Å². The molecule has 2 atom stereocenters. The van der Waals surface area contributed by atoms with Crippen LogP contribution < -0.4 is 10.1 Å². The largest absolute Gasteiger partial charge is 0.507 e. The standard InChI is InChI=1S/C19H25N3O6/c1-21(2)18(25)13-6-11(8-20-13)7-16(24)22-9-12(10-22)28-15-5-3-4-14(23)17(15)19(26)27/h3-5,11-13,20,23H,6-10H2,1-2H3,(H,26,27)/t11-,13+/m0/s1. The summed E-state index contributed by atoms with van der Waals surface area (Å²) < 4.78 is 5.65. The number of nitrogens with one attached hydrogen (secondary N) is 1. The first-order valence-electron chi connectivity index (χ1n) is 9.20. The Morgan fingerprint density at radius 3 is 2.64 bits per heavy atom. The second-order valence-corrected chi connectivity index (χ2v) is 7.49. The van der Waals surface area contributed by atoms with Gasteiger partial charge in [0.05, 0.1) is 19.1 Å². The van der Waals surface area contributed by atoms with E-state index in [-0.39, 0.29) is 46.9 Å². The van der Waals surface area contributed by atoms with Crippen molar-refractivity contribution < 1.29 is 29.3 Å². The molecule has 3 N–H and O–H groups in total. The van der Waals surface area contributed by atoms with E-state index in [1.54, 1.807) is 23.9 Å². The fourth-order valence-electron chi connectivity index (χ4n) is 3.57. The Hall–Kier alpha value is -2.81. The Morgan fingerprint density at radius 1 is 1.29 bits per heavy atom. The summed E-state index contributed by atoms with van der Waals surface area (Å²) >= 11 is 0. The Labute approximate surface area is 162 Å². The normalized spacial score (nSPS) is 21.9. The number of benzene rings is 1. The van der Waals surface area contributed by atoms with Gasteiger partial charge in [0.25, 0.3) is 0 Å².